The van der Waals surface area contributed by atoms with Crippen molar-refractivity contribution in [3.8, 4) is 5.75 Å². The zero-order chi connectivity index (χ0) is 16.7. The maximum Gasteiger partial charge on any atom is 0.221 e. The van der Waals surface area contributed by atoms with Crippen molar-refractivity contribution in [2.75, 3.05) is 26.7 Å². The first-order valence-corrected chi connectivity index (χ1v) is 8.96. The summed E-state index contributed by atoms with van der Waals surface area (Å²) in [6.07, 6.45) is 3.92. The molecule has 2 rings (SSSR count). The lowest BCUT2D eigenvalue weighted by molar-refractivity contribution is -0.121. The predicted octanol–water partition coefficient (Wildman–Crippen LogP) is 2.70. The molecule has 0 aromatic heterocycles. The quantitative estimate of drug-likeness (QED) is 0.712. The second kappa shape index (κ2) is 10.9. The summed E-state index contributed by atoms with van der Waals surface area (Å²) in [7, 11) is 1.70. The average Bonchev–Trinajstić information content (AvgIpc) is 2.56. The first-order valence-electron chi connectivity index (χ1n) is 8.17. The van der Waals surface area contributed by atoms with Crippen molar-refractivity contribution in [2.24, 2.45) is 5.73 Å². The number of ether oxygens (including phenoxy) is 1. The van der Waals surface area contributed by atoms with Gasteiger partial charge < -0.3 is 15.8 Å². The molecule has 1 unspecified atom stereocenters. The third-order valence-corrected chi connectivity index (χ3v) is 4.77. The summed E-state index contributed by atoms with van der Waals surface area (Å²) in [6, 6.07) is 6.51. The molecule has 0 saturated carbocycles. The van der Waals surface area contributed by atoms with Crippen LogP contribution < -0.4 is 15.8 Å². The lowest BCUT2D eigenvalue weighted by atomic mass is 10.0. The summed E-state index contributed by atoms with van der Waals surface area (Å²) >= 11 is 3.48. The topological polar surface area (TPSA) is 67.6 Å². The van der Waals surface area contributed by atoms with Crippen molar-refractivity contribution < 1.29 is 9.53 Å². The number of nitrogens with two attached hydrogens (primary N) is 1. The van der Waals surface area contributed by atoms with Crippen molar-refractivity contribution >= 4 is 34.2 Å². The Morgan fingerprint density at radius 2 is 2.25 bits per heavy atom. The van der Waals surface area contributed by atoms with Gasteiger partial charge in [-0.2, -0.15) is 0 Å². The second-order valence-electron chi connectivity index (χ2n) is 5.92. The fourth-order valence-electron chi connectivity index (χ4n) is 3.02. The summed E-state index contributed by atoms with van der Waals surface area (Å²) in [5.41, 5.74) is 6.60. The van der Waals surface area contributed by atoms with Crippen LogP contribution in [0.4, 0.5) is 0 Å². The summed E-state index contributed by atoms with van der Waals surface area (Å²) in [5.74, 6) is 0.940. The molecule has 1 aromatic rings. The van der Waals surface area contributed by atoms with Crippen LogP contribution in [0.5, 0.6) is 5.75 Å². The monoisotopic (exact) mass is 419 g/mol. The van der Waals surface area contributed by atoms with Gasteiger partial charge in [0.2, 0.25) is 5.91 Å². The largest absolute Gasteiger partial charge is 0.496 e. The summed E-state index contributed by atoms with van der Waals surface area (Å²) in [5, 5.41) is 3.01. The predicted molar refractivity (Wildman–Crippen MR) is 103 cm³/mol. The van der Waals surface area contributed by atoms with Crippen molar-refractivity contribution in [2.45, 2.75) is 38.3 Å². The number of amides is 1. The number of nitrogens with zero attached hydrogens (tertiary/aromatic N) is 1. The van der Waals surface area contributed by atoms with Crippen LogP contribution in [0.3, 0.4) is 0 Å². The highest BCUT2D eigenvalue weighted by Gasteiger charge is 2.23. The molecule has 24 heavy (non-hydrogen) atoms. The van der Waals surface area contributed by atoms with E-state index in [4.69, 9.17) is 10.5 Å². The molecular weight excluding hydrogens is 394 g/mol. The molecular formula is C17H27BrClN3O2. The van der Waals surface area contributed by atoms with Crippen LogP contribution in [0.2, 0.25) is 0 Å². The molecule has 1 heterocycles. The number of halogens is 2. The molecule has 0 radical (unpaired) electrons. The number of hydrogen-bond donors (Lipinski definition) is 2. The molecule has 1 saturated heterocycles. The molecule has 1 aromatic carbocycles. The van der Waals surface area contributed by atoms with Crippen LogP contribution in [0.25, 0.3) is 0 Å². The van der Waals surface area contributed by atoms with Crippen molar-refractivity contribution in [1.29, 1.82) is 0 Å². The van der Waals surface area contributed by atoms with E-state index in [-0.39, 0.29) is 18.3 Å². The van der Waals surface area contributed by atoms with Crippen LogP contribution in [-0.4, -0.2) is 43.6 Å². The van der Waals surface area contributed by atoms with E-state index in [0.29, 0.717) is 25.6 Å². The van der Waals surface area contributed by atoms with Gasteiger partial charge in [0, 0.05) is 42.1 Å². The minimum Gasteiger partial charge on any atom is -0.496 e. The third-order valence-electron chi connectivity index (χ3n) is 4.28. The van der Waals surface area contributed by atoms with Crippen LogP contribution in [0, 0.1) is 0 Å². The van der Waals surface area contributed by atoms with E-state index in [1.54, 1.807) is 7.11 Å². The number of benzene rings is 1. The summed E-state index contributed by atoms with van der Waals surface area (Å²) in [4.78, 5) is 14.1. The number of carbonyl (C=O) groups is 1. The Bertz CT molecular complexity index is 531. The van der Waals surface area contributed by atoms with Gasteiger partial charge in [-0.05, 0) is 31.5 Å². The number of rotatable bonds is 7. The number of methoxy groups -OCH3 is 1. The van der Waals surface area contributed by atoms with Gasteiger partial charge in [-0.3, -0.25) is 9.69 Å². The van der Waals surface area contributed by atoms with Gasteiger partial charge in [-0.25, -0.2) is 0 Å². The highest BCUT2D eigenvalue weighted by molar-refractivity contribution is 9.10. The van der Waals surface area contributed by atoms with Crippen LogP contribution in [0.15, 0.2) is 22.7 Å². The molecule has 0 aliphatic carbocycles. The van der Waals surface area contributed by atoms with E-state index in [2.05, 4.69) is 32.2 Å². The van der Waals surface area contributed by atoms with E-state index < -0.39 is 0 Å². The van der Waals surface area contributed by atoms with Crippen molar-refractivity contribution in [3.05, 3.63) is 28.2 Å². The van der Waals surface area contributed by atoms with Gasteiger partial charge in [0.1, 0.15) is 5.75 Å². The Labute approximate surface area is 158 Å². The van der Waals surface area contributed by atoms with Gasteiger partial charge >= 0.3 is 0 Å². The molecule has 5 nitrogen and oxygen atoms in total. The van der Waals surface area contributed by atoms with E-state index in [1.165, 1.54) is 18.4 Å². The lowest BCUT2D eigenvalue weighted by Crippen LogP contribution is -2.46. The maximum atomic E-state index is 11.7. The summed E-state index contributed by atoms with van der Waals surface area (Å²) < 4.78 is 6.51. The number of nitrogens with one attached hydrogen (secondary N) is 1. The molecule has 3 N–H and O–H groups in total. The van der Waals surface area contributed by atoms with Gasteiger partial charge in [0.15, 0.2) is 0 Å². The Kier molecular flexibility index (Phi) is 9.66. The second-order valence-corrected chi connectivity index (χ2v) is 6.83. The van der Waals surface area contributed by atoms with Crippen LogP contribution in [-0.2, 0) is 11.3 Å². The molecule has 1 amide bonds. The Morgan fingerprint density at radius 3 is 2.96 bits per heavy atom. The van der Waals surface area contributed by atoms with Gasteiger partial charge in [-0.15, -0.1) is 12.4 Å². The lowest BCUT2D eigenvalue weighted by Gasteiger charge is -2.36. The molecule has 7 heteroatoms. The molecule has 1 fully saturated rings. The number of likely N-dealkylation sites (tertiary alicyclic amines) is 1. The molecule has 1 aliphatic rings. The van der Waals surface area contributed by atoms with Gasteiger partial charge in [0.05, 0.1) is 7.11 Å². The Balaban J connectivity index is 0.00000288. The summed E-state index contributed by atoms with van der Waals surface area (Å²) in [6.45, 7) is 2.98. The van der Waals surface area contributed by atoms with E-state index in [0.717, 1.165) is 29.7 Å². The zero-order valence-electron chi connectivity index (χ0n) is 14.1. The number of carbonyl (C=O) groups excluding carboxylic acids is 1. The molecule has 1 atom stereocenters. The highest BCUT2D eigenvalue weighted by Crippen LogP contribution is 2.27. The van der Waals surface area contributed by atoms with Crippen LogP contribution in [0.1, 0.15) is 31.2 Å². The fourth-order valence-corrected chi connectivity index (χ4v) is 3.36. The van der Waals surface area contributed by atoms with Gasteiger partial charge in [-0.1, -0.05) is 28.4 Å². The minimum absolute atomic E-state index is 0. The molecule has 0 spiro atoms. The van der Waals surface area contributed by atoms with E-state index >= 15 is 0 Å². The maximum absolute atomic E-state index is 11.7. The zero-order valence-corrected chi connectivity index (χ0v) is 16.5. The molecule has 0 bridgehead atoms. The first-order chi connectivity index (χ1) is 11.1. The van der Waals surface area contributed by atoms with E-state index in [9.17, 15) is 4.79 Å². The third kappa shape index (κ3) is 6.24. The SMILES string of the molecule is COc1cc(Br)ccc1CN1CCCCC1CNC(=O)CCN.Cl. The Hall–Kier alpha value is -0.820. The number of hydrogen-bond acceptors (Lipinski definition) is 4. The van der Waals surface area contributed by atoms with E-state index in [1.807, 2.05) is 12.1 Å². The van der Waals surface area contributed by atoms with Gasteiger partial charge in [0.25, 0.3) is 0 Å². The standard InChI is InChI=1S/C17H26BrN3O2.ClH/c1-23-16-10-14(18)6-5-13(16)12-21-9-3-2-4-15(21)11-20-17(22)7-8-19;/h5-6,10,15H,2-4,7-9,11-12,19H2,1H3,(H,20,22);1H. The number of piperidine rings is 1. The first kappa shape index (κ1) is 21.2. The molecule has 1 aliphatic heterocycles. The highest BCUT2D eigenvalue weighted by atomic mass is 79.9. The minimum atomic E-state index is 0. The van der Waals surface area contributed by atoms with Crippen molar-refractivity contribution in [1.82, 2.24) is 10.2 Å². The normalized spacial score (nSPS) is 17.9. The fraction of sp³-hybridized carbons (Fsp3) is 0.588. The Morgan fingerprint density at radius 1 is 1.46 bits per heavy atom. The molecule has 136 valence electrons. The van der Waals surface area contributed by atoms with Crippen molar-refractivity contribution in [3.63, 3.8) is 0 Å². The average molecular weight is 421 g/mol. The smallest absolute Gasteiger partial charge is 0.221 e. The van der Waals surface area contributed by atoms with Crippen LogP contribution >= 0.6 is 28.3 Å².